The molecular formula is C27H29N3O. The van der Waals surface area contributed by atoms with Crippen molar-refractivity contribution in [2.24, 2.45) is 5.92 Å². The van der Waals surface area contributed by atoms with E-state index in [-0.39, 0.29) is 16.4 Å². The van der Waals surface area contributed by atoms with Crippen LogP contribution in [0.2, 0.25) is 0 Å². The van der Waals surface area contributed by atoms with E-state index in [4.69, 9.17) is 4.74 Å². The van der Waals surface area contributed by atoms with Crippen molar-refractivity contribution in [2.75, 3.05) is 18.0 Å². The maximum Gasteiger partial charge on any atom is 0.137 e. The average molecular weight is 412 g/mol. The summed E-state index contributed by atoms with van der Waals surface area (Å²) in [5.41, 5.74) is 5.18. The molecule has 0 N–H and O–H groups in total. The first kappa shape index (κ1) is 21.0. The Kier molecular flexibility index (Phi) is 5.06. The van der Waals surface area contributed by atoms with Crippen LogP contribution >= 0.6 is 0 Å². The van der Waals surface area contributed by atoms with E-state index in [1.807, 2.05) is 25.1 Å². The molecule has 4 nitrogen and oxygen atoms in total. The summed E-state index contributed by atoms with van der Waals surface area (Å²) in [6, 6.07) is 10.7. The Morgan fingerprint density at radius 2 is 1.84 bits per heavy atom. The predicted octanol–water partition coefficient (Wildman–Crippen LogP) is 5.80. The molecule has 158 valence electrons. The van der Waals surface area contributed by atoms with Gasteiger partial charge in [0.2, 0.25) is 0 Å². The molecule has 4 heteroatoms. The summed E-state index contributed by atoms with van der Waals surface area (Å²) in [4.78, 5) is 2.55. The molecule has 4 rings (SSSR count). The zero-order chi connectivity index (χ0) is 22.4. The molecule has 1 atom stereocenters. The maximum atomic E-state index is 9.21. The van der Waals surface area contributed by atoms with Crippen LogP contribution in [0.25, 0.3) is 0 Å². The fourth-order valence-electron chi connectivity index (χ4n) is 5.01. The average Bonchev–Trinajstić information content (AvgIpc) is 2.72. The van der Waals surface area contributed by atoms with Crippen LogP contribution in [0.1, 0.15) is 52.2 Å². The lowest BCUT2D eigenvalue weighted by Gasteiger charge is -2.51. The van der Waals surface area contributed by atoms with Gasteiger partial charge in [-0.05, 0) is 53.5 Å². The largest absolute Gasteiger partial charge is 0.462 e. The first-order valence-electron chi connectivity index (χ1n) is 10.9. The highest BCUT2D eigenvalue weighted by molar-refractivity contribution is 5.68. The predicted molar refractivity (Wildman–Crippen MR) is 123 cm³/mol. The first-order valence-corrected chi connectivity index (χ1v) is 10.9. The summed E-state index contributed by atoms with van der Waals surface area (Å²) in [6.45, 7) is 13.2. The standard InChI is InChI=1S/C27H29N3O/c1-18-13-19(20(15-28)16-29)14-22(31-18)10-9-21-17-30-12-11-26(2,3)23-7-6-8-24(25(23)30)27(21,4)5/h6-10,13-14,21H,11-12,17H2,1-5H3. The lowest BCUT2D eigenvalue weighted by Crippen LogP contribution is -2.49. The lowest BCUT2D eigenvalue weighted by atomic mass is 9.65. The Morgan fingerprint density at radius 3 is 2.55 bits per heavy atom. The van der Waals surface area contributed by atoms with Crippen LogP contribution in [0.4, 0.5) is 5.69 Å². The first-order chi connectivity index (χ1) is 14.7. The number of allylic oxidation sites excluding steroid dienone is 6. The van der Waals surface area contributed by atoms with Gasteiger partial charge < -0.3 is 9.64 Å². The van der Waals surface area contributed by atoms with E-state index in [1.54, 1.807) is 12.2 Å². The van der Waals surface area contributed by atoms with E-state index < -0.39 is 0 Å². The van der Waals surface area contributed by atoms with Crippen molar-refractivity contribution in [2.45, 2.75) is 51.9 Å². The number of anilines is 1. The topological polar surface area (TPSA) is 60.0 Å². The number of benzene rings is 1. The van der Waals surface area contributed by atoms with Crippen LogP contribution in [-0.4, -0.2) is 13.1 Å². The molecule has 0 aromatic heterocycles. The molecule has 0 bridgehead atoms. The molecule has 1 aromatic carbocycles. The number of ether oxygens (including phenoxy) is 1. The van der Waals surface area contributed by atoms with E-state index in [2.05, 4.69) is 56.9 Å². The molecule has 0 saturated carbocycles. The van der Waals surface area contributed by atoms with Gasteiger partial charge in [-0.1, -0.05) is 52.0 Å². The molecule has 1 aromatic rings. The van der Waals surface area contributed by atoms with Crippen LogP contribution < -0.4 is 4.90 Å². The monoisotopic (exact) mass is 411 g/mol. The number of rotatable bonds is 2. The van der Waals surface area contributed by atoms with Gasteiger partial charge in [0.05, 0.1) is 0 Å². The van der Waals surface area contributed by atoms with Gasteiger partial charge in [0.15, 0.2) is 0 Å². The molecule has 3 aliphatic rings. The molecule has 0 fully saturated rings. The summed E-state index contributed by atoms with van der Waals surface area (Å²) in [5, 5.41) is 18.4. The number of hydrogen-bond donors (Lipinski definition) is 0. The Bertz CT molecular complexity index is 1120. The van der Waals surface area contributed by atoms with Crippen LogP contribution in [0, 0.1) is 28.6 Å². The van der Waals surface area contributed by atoms with Crippen molar-refractivity contribution in [1.82, 2.24) is 0 Å². The van der Waals surface area contributed by atoms with Crippen LogP contribution in [-0.2, 0) is 15.6 Å². The maximum absolute atomic E-state index is 9.21. The Balaban J connectivity index is 1.69. The van der Waals surface area contributed by atoms with Crippen molar-refractivity contribution >= 4 is 5.69 Å². The third-order valence-electron chi connectivity index (χ3n) is 7.07. The molecule has 0 spiro atoms. The van der Waals surface area contributed by atoms with Gasteiger partial charge >= 0.3 is 0 Å². The second kappa shape index (κ2) is 7.47. The minimum atomic E-state index is -0.0188. The van der Waals surface area contributed by atoms with Crippen LogP contribution in [0.5, 0.6) is 0 Å². The Labute approximate surface area is 185 Å². The van der Waals surface area contributed by atoms with Crippen LogP contribution in [0.15, 0.2) is 65.2 Å². The van der Waals surface area contributed by atoms with Gasteiger partial charge in [-0.2, -0.15) is 10.5 Å². The highest BCUT2D eigenvalue weighted by atomic mass is 16.5. The SMILES string of the molecule is CC1=CC(=C(C#N)C#N)C=C(C=CC2CN3CCC(C)(C)c4cccc(c43)C2(C)C)O1. The lowest BCUT2D eigenvalue weighted by molar-refractivity contribution is 0.313. The summed E-state index contributed by atoms with van der Waals surface area (Å²) >= 11 is 0. The van der Waals surface area contributed by atoms with E-state index >= 15 is 0 Å². The molecule has 31 heavy (non-hydrogen) atoms. The highest BCUT2D eigenvalue weighted by Gasteiger charge is 2.43. The Morgan fingerprint density at radius 1 is 1.13 bits per heavy atom. The summed E-state index contributed by atoms with van der Waals surface area (Å²) in [6.07, 6.45) is 8.89. The molecule has 0 amide bonds. The fraction of sp³-hybridized carbons (Fsp3) is 0.407. The zero-order valence-corrected chi connectivity index (χ0v) is 19.0. The normalized spacial score (nSPS) is 23.1. The molecular weight excluding hydrogens is 382 g/mol. The van der Waals surface area contributed by atoms with Crippen molar-refractivity contribution < 1.29 is 4.74 Å². The third kappa shape index (κ3) is 3.57. The van der Waals surface area contributed by atoms with Gasteiger partial charge in [-0.3, -0.25) is 0 Å². The summed E-state index contributed by atoms with van der Waals surface area (Å²) in [7, 11) is 0. The highest BCUT2D eigenvalue weighted by Crippen LogP contribution is 2.50. The molecule has 3 aliphatic heterocycles. The second-order valence-corrected chi connectivity index (χ2v) is 9.93. The van der Waals surface area contributed by atoms with E-state index in [9.17, 15) is 10.5 Å². The third-order valence-corrected chi connectivity index (χ3v) is 7.07. The summed E-state index contributed by atoms with van der Waals surface area (Å²) in [5.74, 6) is 1.65. The molecule has 0 radical (unpaired) electrons. The summed E-state index contributed by atoms with van der Waals surface area (Å²) < 4.78 is 5.86. The minimum Gasteiger partial charge on any atom is -0.462 e. The van der Waals surface area contributed by atoms with E-state index in [0.29, 0.717) is 23.0 Å². The smallest absolute Gasteiger partial charge is 0.137 e. The van der Waals surface area contributed by atoms with Gasteiger partial charge in [0.25, 0.3) is 0 Å². The fourth-order valence-corrected chi connectivity index (χ4v) is 5.01. The van der Waals surface area contributed by atoms with Gasteiger partial charge in [0.1, 0.15) is 29.2 Å². The van der Waals surface area contributed by atoms with Gasteiger partial charge in [-0.15, -0.1) is 0 Å². The van der Waals surface area contributed by atoms with Crippen LogP contribution in [0.3, 0.4) is 0 Å². The van der Waals surface area contributed by atoms with Crippen molar-refractivity contribution in [1.29, 1.82) is 10.5 Å². The van der Waals surface area contributed by atoms with Crippen molar-refractivity contribution in [3.8, 4) is 12.1 Å². The number of nitrogens with zero attached hydrogens (tertiary/aromatic N) is 3. The molecule has 1 unspecified atom stereocenters. The second-order valence-electron chi connectivity index (χ2n) is 9.93. The van der Waals surface area contributed by atoms with E-state index in [0.717, 1.165) is 19.5 Å². The minimum absolute atomic E-state index is 0.0188. The molecule has 0 saturated heterocycles. The van der Waals surface area contributed by atoms with Gasteiger partial charge in [-0.25, -0.2) is 0 Å². The quantitative estimate of drug-likeness (QED) is 0.577. The number of hydrogen-bond acceptors (Lipinski definition) is 4. The van der Waals surface area contributed by atoms with Crippen molar-refractivity contribution in [3.05, 3.63) is 76.3 Å². The Hall–Kier alpha value is -3.24. The molecule has 3 heterocycles. The molecule has 0 aliphatic carbocycles. The number of para-hydroxylation sites is 1. The number of nitriles is 2. The van der Waals surface area contributed by atoms with E-state index in [1.165, 1.54) is 16.8 Å². The zero-order valence-electron chi connectivity index (χ0n) is 19.0. The van der Waals surface area contributed by atoms with Gasteiger partial charge in [0, 0.05) is 30.3 Å². The van der Waals surface area contributed by atoms with Crippen molar-refractivity contribution in [3.63, 3.8) is 0 Å².